The van der Waals surface area contributed by atoms with Crippen molar-refractivity contribution in [1.29, 1.82) is 5.26 Å². The van der Waals surface area contributed by atoms with Crippen LogP contribution in [0.3, 0.4) is 0 Å². The molecule has 0 saturated carbocycles. The van der Waals surface area contributed by atoms with Gasteiger partial charge in [-0.3, -0.25) is 4.79 Å². The van der Waals surface area contributed by atoms with Gasteiger partial charge in [0, 0.05) is 31.0 Å². The topological polar surface area (TPSA) is 83.0 Å². The van der Waals surface area contributed by atoms with Gasteiger partial charge >= 0.3 is 0 Å². The molecular weight excluding hydrogens is 340 g/mol. The summed E-state index contributed by atoms with van der Waals surface area (Å²) in [6.45, 7) is 1.29. The van der Waals surface area contributed by atoms with Crippen LogP contribution in [-0.2, 0) is 11.2 Å². The van der Waals surface area contributed by atoms with Crippen LogP contribution < -0.4 is 0 Å². The van der Waals surface area contributed by atoms with E-state index in [1.807, 2.05) is 29.2 Å². The Morgan fingerprint density at radius 2 is 2.04 bits per heavy atom. The number of rotatable bonds is 5. The molecule has 3 aromatic rings. The Labute approximate surface area is 157 Å². The van der Waals surface area contributed by atoms with Crippen molar-refractivity contribution in [3.63, 3.8) is 0 Å². The molecule has 6 heteroatoms. The van der Waals surface area contributed by atoms with Crippen LogP contribution in [0.2, 0.25) is 0 Å². The minimum absolute atomic E-state index is 0.0649. The number of hydrogen-bond donors (Lipinski definition) is 0. The van der Waals surface area contributed by atoms with Crippen LogP contribution in [0.5, 0.6) is 0 Å². The molecule has 1 aliphatic rings. The van der Waals surface area contributed by atoms with E-state index in [9.17, 15) is 4.79 Å². The molecule has 1 atom stereocenters. The van der Waals surface area contributed by atoms with Gasteiger partial charge in [0.15, 0.2) is 5.82 Å². The minimum Gasteiger partial charge on any atom is -0.342 e. The van der Waals surface area contributed by atoms with Gasteiger partial charge in [-0.25, -0.2) is 0 Å². The largest absolute Gasteiger partial charge is 0.342 e. The molecular formula is C21H18N4O2. The highest BCUT2D eigenvalue weighted by atomic mass is 16.5. The minimum atomic E-state index is -0.0649. The molecule has 1 aromatic heterocycles. The Morgan fingerprint density at radius 3 is 2.85 bits per heavy atom. The summed E-state index contributed by atoms with van der Waals surface area (Å²) in [7, 11) is 0. The Hall–Kier alpha value is -3.46. The van der Waals surface area contributed by atoms with Crippen LogP contribution in [-0.4, -0.2) is 34.0 Å². The van der Waals surface area contributed by atoms with Crippen molar-refractivity contribution >= 4 is 5.91 Å². The Balaban J connectivity index is 1.43. The molecule has 27 heavy (non-hydrogen) atoms. The van der Waals surface area contributed by atoms with E-state index >= 15 is 0 Å². The van der Waals surface area contributed by atoms with E-state index in [0.29, 0.717) is 42.4 Å². The van der Waals surface area contributed by atoms with Crippen molar-refractivity contribution in [2.24, 2.45) is 0 Å². The molecule has 1 aliphatic heterocycles. The third kappa shape index (κ3) is 3.72. The lowest BCUT2D eigenvalue weighted by molar-refractivity contribution is -0.127. The number of nitriles is 1. The fourth-order valence-corrected chi connectivity index (χ4v) is 3.31. The van der Waals surface area contributed by atoms with Gasteiger partial charge in [-0.15, -0.1) is 0 Å². The zero-order valence-corrected chi connectivity index (χ0v) is 14.7. The Morgan fingerprint density at radius 1 is 1.19 bits per heavy atom. The van der Waals surface area contributed by atoms with Crippen LogP contribution in [0.15, 0.2) is 59.1 Å². The standard InChI is InChI=1S/C21H18N4O2/c22-13-16-7-4-8-17(11-16)21-23-20(24-27-21)18-12-19(26)25(14-18)10-9-15-5-2-1-3-6-15/h1-8,11,18H,9-10,12,14H2. The molecule has 1 saturated heterocycles. The summed E-state index contributed by atoms with van der Waals surface area (Å²) in [6, 6.07) is 19.3. The number of benzene rings is 2. The van der Waals surface area contributed by atoms with Crippen LogP contribution in [0.25, 0.3) is 11.5 Å². The monoisotopic (exact) mass is 358 g/mol. The average Bonchev–Trinajstić information content (AvgIpc) is 3.34. The zero-order valence-electron chi connectivity index (χ0n) is 14.7. The van der Waals surface area contributed by atoms with E-state index in [4.69, 9.17) is 9.78 Å². The van der Waals surface area contributed by atoms with Crippen molar-refractivity contribution in [2.75, 3.05) is 13.1 Å². The highest BCUT2D eigenvalue weighted by Gasteiger charge is 2.33. The van der Waals surface area contributed by atoms with Gasteiger partial charge in [-0.1, -0.05) is 41.6 Å². The van der Waals surface area contributed by atoms with E-state index in [1.165, 1.54) is 5.56 Å². The highest BCUT2D eigenvalue weighted by molar-refractivity contribution is 5.79. The van der Waals surface area contributed by atoms with Crippen molar-refractivity contribution < 1.29 is 9.32 Å². The molecule has 2 aromatic carbocycles. The second-order valence-electron chi connectivity index (χ2n) is 6.63. The fourth-order valence-electron chi connectivity index (χ4n) is 3.31. The van der Waals surface area contributed by atoms with Crippen molar-refractivity contribution in [2.45, 2.75) is 18.8 Å². The molecule has 1 unspecified atom stereocenters. The first-order valence-corrected chi connectivity index (χ1v) is 8.89. The molecule has 1 amide bonds. The molecule has 0 spiro atoms. The number of amides is 1. The molecule has 0 N–H and O–H groups in total. The van der Waals surface area contributed by atoms with Crippen molar-refractivity contribution in [1.82, 2.24) is 15.0 Å². The van der Waals surface area contributed by atoms with E-state index < -0.39 is 0 Å². The van der Waals surface area contributed by atoms with Gasteiger partial charge in [-0.2, -0.15) is 10.2 Å². The predicted octanol–water partition coefficient (Wildman–Crippen LogP) is 3.17. The summed E-state index contributed by atoms with van der Waals surface area (Å²) in [4.78, 5) is 18.7. The average molecular weight is 358 g/mol. The maximum Gasteiger partial charge on any atom is 0.257 e. The zero-order chi connectivity index (χ0) is 18.6. The van der Waals surface area contributed by atoms with Crippen LogP contribution in [0.1, 0.15) is 29.3 Å². The first kappa shape index (κ1) is 17.0. The number of nitrogens with zero attached hydrogens (tertiary/aromatic N) is 4. The van der Waals surface area contributed by atoms with Gasteiger partial charge in [-0.05, 0) is 30.2 Å². The number of carbonyl (C=O) groups is 1. The summed E-state index contributed by atoms with van der Waals surface area (Å²) < 4.78 is 5.36. The first-order chi connectivity index (χ1) is 13.2. The molecule has 6 nitrogen and oxygen atoms in total. The van der Waals surface area contributed by atoms with Gasteiger partial charge in [0.05, 0.1) is 11.6 Å². The van der Waals surface area contributed by atoms with Crippen molar-refractivity contribution in [3.8, 4) is 17.5 Å². The van der Waals surface area contributed by atoms with E-state index in [2.05, 4.69) is 28.3 Å². The normalized spacial score (nSPS) is 16.5. The third-order valence-electron chi connectivity index (χ3n) is 4.77. The second kappa shape index (κ2) is 7.42. The molecule has 134 valence electrons. The molecule has 2 heterocycles. The molecule has 0 aliphatic carbocycles. The van der Waals surface area contributed by atoms with Gasteiger partial charge < -0.3 is 9.42 Å². The first-order valence-electron chi connectivity index (χ1n) is 8.89. The lowest BCUT2D eigenvalue weighted by atomic mass is 10.1. The smallest absolute Gasteiger partial charge is 0.257 e. The maximum absolute atomic E-state index is 12.3. The van der Waals surface area contributed by atoms with Gasteiger partial charge in [0.2, 0.25) is 5.91 Å². The van der Waals surface area contributed by atoms with Gasteiger partial charge in [0.1, 0.15) is 0 Å². The maximum atomic E-state index is 12.3. The van der Waals surface area contributed by atoms with E-state index in [1.54, 1.807) is 18.2 Å². The summed E-state index contributed by atoms with van der Waals surface area (Å²) in [6.07, 6.45) is 1.23. The summed E-state index contributed by atoms with van der Waals surface area (Å²) in [5, 5.41) is 13.1. The van der Waals surface area contributed by atoms with E-state index in [-0.39, 0.29) is 11.8 Å². The lowest BCUT2D eigenvalue weighted by Gasteiger charge is -2.15. The lowest BCUT2D eigenvalue weighted by Crippen LogP contribution is -2.27. The Kier molecular flexibility index (Phi) is 4.67. The number of hydrogen-bond acceptors (Lipinski definition) is 5. The molecule has 1 fully saturated rings. The second-order valence-corrected chi connectivity index (χ2v) is 6.63. The SMILES string of the molecule is N#Cc1cccc(-c2nc(C3CC(=O)N(CCc4ccccc4)C3)no2)c1. The summed E-state index contributed by atoms with van der Waals surface area (Å²) >= 11 is 0. The third-order valence-corrected chi connectivity index (χ3v) is 4.77. The predicted molar refractivity (Wildman–Crippen MR) is 98.5 cm³/mol. The molecule has 4 rings (SSSR count). The highest BCUT2D eigenvalue weighted by Crippen LogP contribution is 2.28. The number of aromatic nitrogens is 2. The fraction of sp³-hybridized carbons (Fsp3) is 0.238. The van der Waals surface area contributed by atoms with Crippen LogP contribution in [0.4, 0.5) is 0 Å². The number of likely N-dealkylation sites (tertiary alicyclic amines) is 1. The van der Waals surface area contributed by atoms with Crippen molar-refractivity contribution in [3.05, 3.63) is 71.5 Å². The van der Waals surface area contributed by atoms with Crippen LogP contribution in [0, 0.1) is 11.3 Å². The number of carbonyl (C=O) groups excluding carboxylic acids is 1. The van der Waals surface area contributed by atoms with Crippen LogP contribution >= 0.6 is 0 Å². The van der Waals surface area contributed by atoms with E-state index in [0.717, 1.165) is 6.42 Å². The van der Waals surface area contributed by atoms with Gasteiger partial charge in [0.25, 0.3) is 5.89 Å². The molecule has 0 bridgehead atoms. The molecule has 0 radical (unpaired) electrons. The quantitative estimate of drug-likeness (QED) is 0.699. The Bertz CT molecular complexity index is 991. The summed E-state index contributed by atoms with van der Waals surface area (Å²) in [5.74, 6) is 0.971. The summed E-state index contributed by atoms with van der Waals surface area (Å²) in [5.41, 5.74) is 2.46.